The van der Waals surface area contributed by atoms with Crippen molar-refractivity contribution < 1.29 is 37.7 Å². The third-order valence-electron chi connectivity index (χ3n) is 6.96. The van der Waals surface area contributed by atoms with Crippen LogP contribution in [0.4, 0.5) is 14.5 Å². The number of anilines is 1. The zero-order valence-corrected chi connectivity index (χ0v) is 24.9. The molecule has 0 fully saturated rings. The van der Waals surface area contributed by atoms with Gasteiger partial charge >= 0.3 is 17.9 Å². The maximum absolute atomic E-state index is 13.1. The van der Waals surface area contributed by atoms with Crippen molar-refractivity contribution in [1.82, 2.24) is 20.2 Å². The van der Waals surface area contributed by atoms with Crippen LogP contribution >= 0.6 is 0 Å². The lowest BCUT2D eigenvalue weighted by molar-refractivity contribution is -0.138. The van der Waals surface area contributed by atoms with Gasteiger partial charge in [-0.05, 0) is 83.6 Å². The highest BCUT2D eigenvalue weighted by Gasteiger charge is 2.34. The molecule has 0 radical (unpaired) electrons. The van der Waals surface area contributed by atoms with Crippen LogP contribution in [0.2, 0.25) is 0 Å². The third kappa shape index (κ3) is 7.50. The molecule has 12 nitrogen and oxygen atoms in total. The summed E-state index contributed by atoms with van der Waals surface area (Å²) >= 11 is 0. The second kappa shape index (κ2) is 14.2. The number of carboxylic acid groups (broad SMARTS) is 1. The number of hydrazone groups is 1. The molecule has 0 saturated carbocycles. The van der Waals surface area contributed by atoms with E-state index in [9.17, 15) is 28.3 Å². The Morgan fingerprint density at radius 1 is 0.723 bits per heavy atom. The highest BCUT2D eigenvalue weighted by atomic mass is 19.1. The van der Waals surface area contributed by atoms with Crippen LogP contribution in [-0.4, -0.2) is 69.2 Å². The van der Waals surface area contributed by atoms with Gasteiger partial charge in [0.2, 0.25) is 5.82 Å². The number of nitrogens with zero attached hydrogens (tertiary/aromatic N) is 6. The van der Waals surface area contributed by atoms with E-state index < -0.39 is 29.8 Å². The summed E-state index contributed by atoms with van der Waals surface area (Å²) < 4.78 is 35.3. The number of carbonyl (C=O) groups is 3. The van der Waals surface area contributed by atoms with E-state index in [0.29, 0.717) is 45.2 Å². The number of halogens is 2. The zero-order valence-electron chi connectivity index (χ0n) is 24.9. The molecule has 1 aromatic heterocycles. The van der Waals surface area contributed by atoms with Crippen LogP contribution in [-0.2, 0) is 14.3 Å². The van der Waals surface area contributed by atoms with Crippen molar-refractivity contribution in [2.45, 2.75) is 12.5 Å². The molecule has 238 valence electrons. The Labute approximate surface area is 266 Å². The first-order valence-corrected chi connectivity index (χ1v) is 14.0. The van der Waals surface area contributed by atoms with E-state index in [1.807, 2.05) is 0 Å². The van der Waals surface area contributed by atoms with Gasteiger partial charge in [-0.1, -0.05) is 24.3 Å². The lowest BCUT2D eigenvalue weighted by atomic mass is 10.0. The maximum atomic E-state index is 13.1. The summed E-state index contributed by atoms with van der Waals surface area (Å²) in [5.41, 5.74) is 3.94. The standard InChI is InChI=1S/C18H15FN2O4.C15H11FN4O2/c1-25-18(24)12-4-2-11(3-5-12)15-10-16(17(22)23)21(20-15)14-8-6-13(19)7-9-14;1-22-15(21)11-4-2-10(3-5-11)14-17-19-20(18-14)13-8-6-12(16)7-9-13/h2-9,16H,10H2,1H3,(H,22,23);2-9H,1H3. The molecule has 0 spiro atoms. The molecule has 47 heavy (non-hydrogen) atoms. The Hall–Kier alpha value is -6.31. The lowest BCUT2D eigenvalue weighted by Gasteiger charge is -2.19. The number of benzene rings is 4. The summed E-state index contributed by atoms with van der Waals surface area (Å²) in [5, 5.41) is 27.3. The van der Waals surface area contributed by atoms with E-state index in [2.05, 4.69) is 30.0 Å². The molecule has 1 N–H and O–H groups in total. The van der Waals surface area contributed by atoms with Gasteiger partial charge in [0.05, 0.1) is 42.4 Å². The molecule has 0 bridgehead atoms. The molecule has 1 atom stereocenters. The summed E-state index contributed by atoms with van der Waals surface area (Å²) in [4.78, 5) is 35.7. The molecular weight excluding hydrogens is 614 g/mol. The van der Waals surface area contributed by atoms with Crippen LogP contribution in [0.3, 0.4) is 0 Å². The van der Waals surface area contributed by atoms with E-state index in [1.165, 1.54) is 60.4 Å². The average molecular weight is 641 g/mol. The Kier molecular flexibility index (Phi) is 9.69. The van der Waals surface area contributed by atoms with Gasteiger partial charge in [0.15, 0.2) is 6.04 Å². The predicted molar refractivity (Wildman–Crippen MR) is 165 cm³/mol. The Morgan fingerprint density at radius 2 is 1.21 bits per heavy atom. The number of esters is 2. The van der Waals surface area contributed by atoms with Crippen molar-refractivity contribution in [3.63, 3.8) is 0 Å². The van der Waals surface area contributed by atoms with E-state index in [1.54, 1.807) is 60.7 Å². The van der Waals surface area contributed by atoms with Crippen LogP contribution in [0.25, 0.3) is 17.1 Å². The fourth-order valence-electron chi connectivity index (χ4n) is 4.51. The summed E-state index contributed by atoms with van der Waals surface area (Å²) in [6.07, 6.45) is 0.199. The van der Waals surface area contributed by atoms with Gasteiger partial charge in [0.1, 0.15) is 11.6 Å². The van der Waals surface area contributed by atoms with Crippen molar-refractivity contribution in [2.75, 3.05) is 19.2 Å². The molecule has 1 unspecified atom stereocenters. The first-order valence-electron chi connectivity index (χ1n) is 14.0. The Bertz CT molecular complexity index is 1910. The summed E-state index contributed by atoms with van der Waals surface area (Å²) in [5.74, 6) is -2.21. The van der Waals surface area contributed by atoms with Gasteiger partial charge < -0.3 is 14.6 Å². The number of tetrazole rings is 1. The normalized spacial score (nSPS) is 13.7. The SMILES string of the molecule is COC(=O)c1ccc(-c2nnn(-c3ccc(F)cc3)n2)cc1.COC(=O)c1ccc(C2=NN(c3ccc(F)cc3)C(C(=O)O)C2)cc1. The summed E-state index contributed by atoms with van der Waals surface area (Å²) in [6, 6.07) is 23.6. The number of hydrogen-bond donors (Lipinski definition) is 1. The molecule has 0 saturated heterocycles. The molecule has 0 amide bonds. The van der Waals surface area contributed by atoms with E-state index in [4.69, 9.17) is 0 Å². The number of aromatic nitrogens is 4. The lowest BCUT2D eigenvalue weighted by Crippen LogP contribution is -2.34. The first-order chi connectivity index (χ1) is 22.7. The van der Waals surface area contributed by atoms with E-state index in [-0.39, 0.29) is 12.2 Å². The molecule has 0 aliphatic carbocycles. The summed E-state index contributed by atoms with van der Waals surface area (Å²) in [7, 11) is 2.63. The second-order valence-corrected chi connectivity index (χ2v) is 9.94. The highest BCUT2D eigenvalue weighted by molar-refractivity contribution is 6.06. The number of ether oxygens (including phenoxy) is 2. The first kappa shape index (κ1) is 32.1. The molecule has 1 aliphatic heterocycles. The number of methoxy groups -OCH3 is 2. The van der Waals surface area contributed by atoms with Crippen LogP contribution in [0.5, 0.6) is 0 Å². The zero-order chi connectivity index (χ0) is 33.5. The molecule has 4 aromatic carbocycles. The van der Waals surface area contributed by atoms with Gasteiger partial charge in [0.25, 0.3) is 0 Å². The van der Waals surface area contributed by atoms with Gasteiger partial charge in [-0.15, -0.1) is 15.0 Å². The number of aliphatic carboxylic acids is 1. The maximum Gasteiger partial charge on any atom is 0.337 e. The minimum absolute atomic E-state index is 0.199. The number of carbonyl (C=O) groups excluding carboxylic acids is 2. The largest absolute Gasteiger partial charge is 0.480 e. The van der Waals surface area contributed by atoms with Crippen molar-refractivity contribution in [2.24, 2.45) is 5.10 Å². The van der Waals surface area contributed by atoms with Crippen molar-refractivity contribution >= 4 is 29.3 Å². The molecule has 5 aromatic rings. The van der Waals surface area contributed by atoms with Crippen molar-refractivity contribution in [3.8, 4) is 17.1 Å². The second-order valence-electron chi connectivity index (χ2n) is 9.94. The third-order valence-corrected chi connectivity index (χ3v) is 6.96. The highest BCUT2D eigenvalue weighted by Crippen LogP contribution is 2.27. The Morgan fingerprint density at radius 3 is 1.70 bits per heavy atom. The van der Waals surface area contributed by atoms with E-state index in [0.717, 1.165) is 0 Å². The molecule has 14 heteroatoms. The fraction of sp³-hybridized carbons (Fsp3) is 0.121. The van der Waals surface area contributed by atoms with Crippen molar-refractivity contribution in [1.29, 1.82) is 0 Å². The smallest absolute Gasteiger partial charge is 0.337 e. The number of rotatable bonds is 7. The van der Waals surface area contributed by atoms with Crippen molar-refractivity contribution in [3.05, 3.63) is 125 Å². The van der Waals surface area contributed by atoms with Gasteiger partial charge in [-0.3, -0.25) is 5.01 Å². The van der Waals surface area contributed by atoms with Crippen LogP contribution < -0.4 is 5.01 Å². The molecular formula is C33H26F2N6O6. The minimum atomic E-state index is -1.02. The number of hydrogen-bond acceptors (Lipinski definition) is 10. The van der Waals surface area contributed by atoms with Gasteiger partial charge in [0, 0.05) is 12.0 Å². The summed E-state index contributed by atoms with van der Waals surface area (Å²) in [6.45, 7) is 0. The molecule has 6 rings (SSSR count). The quantitative estimate of drug-likeness (QED) is 0.243. The van der Waals surface area contributed by atoms with Crippen LogP contribution in [0, 0.1) is 11.6 Å². The average Bonchev–Trinajstić information content (AvgIpc) is 3.78. The van der Waals surface area contributed by atoms with E-state index >= 15 is 0 Å². The molecule has 1 aliphatic rings. The number of carboxylic acids is 1. The van der Waals surface area contributed by atoms with Crippen LogP contribution in [0.15, 0.2) is 102 Å². The Balaban J connectivity index is 0.000000186. The van der Waals surface area contributed by atoms with Gasteiger partial charge in [-0.2, -0.15) is 5.10 Å². The topological polar surface area (TPSA) is 149 Å². The van der Waals surface area contributed by atoms with Gasteiger partial charge in [-0.25, -0.2) is 23.2 Å². The molecule has 2 heterocycles. The fourth-order valence-corrected chi connectivity index (χ4v) is 4.51. The monoisotopic (exact) mass is 640 g/mol. The minimum Gasteiger partial charge on any atom is -0.480 e. The van der Waals surface area contributed by atoms with Crippen LogP contribution in [0.1, 0.15) is 32.7 Å². The predicted octanol–water partition coefficient (Wildman–Crippen LogP) is 4.93.